The van der Waals surface area contributed by atoms with E-state index in [0.29, 0.717) is 11.3 Å². The molecule has 0 aromatic heterocycles. The number of hydrogen-bond donors (Lipinski definition) is 0. The molecule has 19 heavy (non-hydrogen) atoms. The fourth-order valence-electron chi connectivity index (χ4n) is 3.57. The molecule has 1 saturated carbocycles. The van der Waals surface area contributed by atoms with Crippen molar-refractivity contribution >= 4 is 22.0 Å². The number of amides is 1. The van der Waals surface area contributed by atoms with Gasteiger partial charge >= 0.3 is 6.09 Å². The van der Waals surface area contributed by atoms with Gasteiger partial charge in [-0.3, -0.25) is 0 Å². The Morgan fingerprint density at radius 3 is 2.53 bits per heavy atom. The van der Waals surface area contributed by atoms with Crippen LogP contribution in [0, 0.1) is 11.3 Å². The lowest BCUT2D eigenvalue weighted by Crippen LogP contribution is -2.51. The zero-order chi connectivity index (χ0) is 14.1. The molecule has 2 rings (SSSR count). The first-order valence-electron chi connectivity index (χ1n) is 7.40. The van der Waals surface area contributed by atoms with Gasteiger partial charge in [-0.05, 0) is 51.4 Å². The van der Waals surface area contributed by atoms with Crippen LogP contribution in [0.15, 0.2) is 0 Å². The van der Waals surface area contributed by atoms with E-state index in [4.69, 9.17) is 4.74 Å². The predicted octanol–water partition coefficient (Wildman–Crippen LogP) is 4.20. The third kappa shape index (κ3) is 3.45. The van der Waals surface area contributed by atoms with Gasteiger partial charge in [0.25, 0.3) is 0 Å². The van der Waals surface area contributed by atoms with Crippen molar-refractivity contribution in [1.82, 2.24) is 4.90 Å². The predicted molar refractivity (Wildman–Crippen MR) is 80.6 cm³/mol. The Hall–Kier alpha value is -0.250. The normalized spacial score (nSPS) is 26.7. The smallest absolute Gasteiger partial charge is 0.410 e. The fraction of sp³-hybridized carbons (Fsp3) is 0.933. The third-order valence-corrected chi connectivity index (χ3v) is 5.34. The summed E-state index contributed by atoms with van der Waals surface area (Å²) in [5, 5.41) is 1.06. The van der Waals surface area contributed by atoms with Crippen LogP contribution >= 0.6 is 15.9 Å². The maximum absolute atomic E-state index is 12.2. The molecule has 110 valence electrons. The van der Waals surface area contributed by atoms with Gasteiger partial charge in [-0.2, -0.15) is 0 Å². The van der Waals surface area contributed by atoms with E-state index in [1.807, 2.05) is 25.7 Å². The van der Waals surface area contributed by atoms with E-state index < -0.39 is 5.60 Å². The lowest BCUT2D eigenvalue weighted by molar-refractivity contribution is -0.00785. The van der Waals surface area contributed by atoms with Crippen LogP contribution in [0.4, 0.5) is 4.79 Å². The van der Waals surface area contributed by atoms with Gasteiger partial charge in [-0.15, -0.1) is 0 Å². The molecule has 1 heterocycles. The molecule has 1 aliphatic heterocycles. The Balaban J connectivity index is 2.04. The van der Waals surface area contributed by atoms with E-state index >= 15 is 0 Å². The number of rotatable bonds is 1. The Morgan fingerprint density at radius 1 is 1.37 bits per heavy atom. The second kappa shape index (κ2) is 5.63. The molecule has 1 atom stereocenters. The molecular weight excluding hydrogens is 306 g/mol. The monoisotopic (exact) mass is 331 g/mol. The largest absolute Gasteiger partial charge is 0.444 e. The Bertz CT molecular complexity index is 332. The van der Waals surface area contributed by atoms with Crippen LogP contribution in [0.2, 0.25) is 0 Å². The summed E-state index contributed by atoms with van der Waals surface area (Å²) in [7, 11) is 0. The molecule has 1 spiro atoms. The molecule has 2 fully saturated rings. The highest BCUT2D eigenvalue weighted by Crippen LogP contribution is 2.49. The van der Waals surface area contributed by atoms with Gasteiger partial charge in [-0.25, -0.2) is 4.79 Å². The number of halogens is 1. The van der Waals surface area contributed by atoms with Gasteiger partial charge in [0.2, 0.25) is 0 Å². The van der Waals surface area contributed by atoms with Crippen molar-refractivity contribution in [1.29, 1.82) is 0 Å². The molecule has 1 unspecified atom stereocenters. The lowest BCUT2D eigenvalue weighted by atomic mass is 9.70. The van der Waals surface area contributed by atoms with Crippen molar-refractivity contribution in [3.63, 3.8) is 0 Å². The first-order chi connectivity index (χ1) is 8.86. The second-order valence-corrected chi connectivity index (χ2v) is 7.76. The maximum Gasteiger partial charge on any atom is 0.410 e. The number of hydrogen-bond acceptors (Lipinski definition) is 2. The van der Waals surface area contributed by atoms with E-state index in [1.54, 1.807) is 0 Å². The van der Waals surface area contributed by atoms with Crippen LogP contribution in [-0.4, -0.2) is 35.0 Å². The van der Waals surface area contributed by atoms with Gasteiger partial charge in [-0.1, -0.05) is 28.8 Å². The van der Waals surface area contributed by atoms with Crippen LogP contribution in [0.1, 0.15) is 52.9 Å². The molecule has 0 aromatic carbocycles. The summed E-state index contributed by atoms with van der Waals surface area (Å²) in [5.41, 5.74) is -0.0507. The zero-order valence-electron chi connectivity index (χ0n) is 12.4. The van der Waals surface area contributed by atoms with E-state index in [9.17, 15) is 4.79 Å². The molecule has 0 aromatic rings. The van der Waals surface area contributed by atoms with Crippen molar-refractivity contribution in [3.05, 3.63) is 0 Å². The molecule has 0 radical (unpaired) electrons. The fourth-order valence-corrected chi connectivity index (χ4v) is 4.59. The summed E-state index contributed by atoms with van der Waals surface area (Å²) in [6.45, 7) is 7.52. The van der Waals surface area contributed by atoms with Crippen LogP contribution in [0.25, 0.3) is 0 Å². The minimum absolute atomic E-state index is 0.133. The van der Waals surface area contributed by atoms with Gasteiger partial charge in [0, 0.05) is 18.4 Å². The van der Waals surface area contributed by atoms with Crippen LogP contribution < -0.4 is 0 Å². The number of ether oxygens (including phenoxy) is 1. The first-order valence-corrected chi connectivity index (χ1v) is 8.52. The molecular formula is C15H26BrNO2. The number of alkyl halides is 1. The van der Waals surface area contributed by atoms with Gasteiger partial charge < -0.3 is 9.64 Å². The number of piperidine rings is 1. The quantitative estimate of drug-likeness (QED) is 0.674. The van der Waals surface area contributed by atoms with Crippen molar-refractivity contribution in [2.45, 2.75) is 58.5 Å². The summed E-state index contributed by atoms with van der Waals surface area (Å²) < 4.78 is 5.52. The molecule has 1 aliphatic carbocycles. The van der Waals surface area contributed by atoms with Gasteiger partial charge in [0.05, 0.1) is 0 Å². The summed E-state index contributed by atoms with van der Waals surface area (Å²) in [5.74, 6) is 0.716. The zero-order valence-corrected chi connectivity index (χ0v) is 14.0. The molecule has 3 nitrogen and oxygen atoms in total. The van der Waals surface area contributed by atoms with E-state index in [-0.39, 0.29) is 6.09 Å². The highest BCUT2D eigenvalue weighted by Gasteiger charge is 2.46. The molecule has 1 amide bonds. The average molecular weight is 332 g/mol. The Kier molecular flexibility index (Phi) is 4.49. The second-order valence-electron chi connectivity index (χ2n) is 7.11. The molecule has 2 aliphatic rings. The minimum atomic E-state index is -0.397. The Morgan fingerprint density at radius 2 is 2.00 bits per heavy atom. The molecule has 4 heteroatoms. The molecule has 0 N–H and O–H groups in total. The minimum Gasteiger partial charge on any atom is -0.444 e. The summed E-state index contributed by atoms with van der Waals surface area (Å²) in [6, 6.07) is 0. The molecule has 0 bridgehead atoms. The lowest BCUT2D eigenvalue weighted by Gasteiger charge is -2.46. The van der Waals surface area contributed by atoms with Gasteiger partial charge in [0.15, 0.2) is 0 Å². The molecule has 1 saturated heterocycles. The van der Waals surface area contributed by atoms with Crippen molar-refractivity contribution < 1.29 is 9.53 Å². The average Bonchev–Trinajstić information content (AvgIpc) is 2.76. The van der Waals surface area contributed by atoms with Crippen molar-refractivity contribution in [2.24, 2.45) is 11.3 Å². The Labute approximate surface area is 125 Å². The maximum atomic E-state index is 12.2. The number of carbonyl (C=O) groups is 1. The third-order valence-electron chi connectivity index (χ3n) is 4.56. The number of carbonyl (C=O) groups excluding carboxylic acids is 1. The van der Waals surface area contributed by atoms with Crippen LogP contribution in [-0.2, 0) is 4.74 Å². The van der Waals surface area contributed by atoms with E-state index in [0.717, 1.165) is 24.8 Å². The topological polar surface area (TPSA) is 29.5 Å². The van der Waals surface area contributed by atoms with Crippen LogP contribution in [0.3, 0.4) is 0 Å². The number of nitrogens with zero attached hydrogens (tertiary/aromatic N) is 1. The van der Waals surface area contributed by atoms with Gasteiger partial charge in [0.1, 0.15) is 5.60 Å². The highest BCUT2D eigenvalue weighted by atomic mass is 79.9. The van der Waals surface area contributed by atoms with Crippen molar-refractivity contribution in [2.75, 3.05) is 18.4 Å². The van der Waals surface area contributed by atoms with E-state index in [2.05, 4.69) is 15.9 Å². The number of likely N-dealkylation sites (tertiary alicyclic amines) is 1. The summed E-state index contributed by atoms with van der Waals surface area (Å²) >= 11 is 3.67. The van der Waals surface area contributed by atoms with Crippen molar-refractivity contribution in [3.8, 4) is 0 Å². The summed E-state index contributed by atoms with van der Waals surface area (Å²) in [4.78, 5) is 14.2. The standard InChI is InChI=1S/C15H26BrNO2/c1-14(2,3)19-13(18)17-9-6-12(10-16)15(11-17)7-4-5-8-15/h12H,4-11H2,1-3H3. The van der Waals surface area contributed by atoms with Crippen LogP contribution in [0.5, 0.6) is 0 Å². The summed E-state index contributed by atoms with van der Waals surface area (Å²) in [6.07, 6.45) is 6.12. The first kappa shape index (κ1) is 15.1. The SMILES string of the molecule is CC(C)(C)OC(=O)N1CCC(CBr)C2(CCCC2)C1. The van der Waals surface area contributed by atoms with E-state index in [1.165, 1.54) is 25.7 Å². The highest BCUT2D eigenvalue weighted by molar-refractivity contribution is 9.09.